The van der Waals surface area contributed by atoms with Crippen molar-refractivity contribution in [2.24, 2.45) is 0 Å². The second-order valence-electron chi connectivity index (χ2n) is 4.86. The van der Waals surface area contributed by atoms with Gasteiger partial charge in [-0.05, 0) is 29.3 Å². The van der Waals surface area contributed by atoms with Crippen LogP contribution in [0, 0.1) is 0 Å². The Morgan fingerprint density at radius 1 is 1.00 bits per heavy atom. The zero-order chi connectivity index (χ0) is 11.3. The normalized spacial score (nSPS) is 23.8. The average Bonchev–Trinajstić information content (AvgIpc) is 2.55. The van der Waals surface area contributed by atoms with Crippen LogP contribution in [0.1, 0.15) is 25.3 Å². The van der Waals surface area contributed by atoms with Gasteiger partial charge in [-0.1, -0.05) is 37.3 Å². The van der Waals surface area contributed by atoms with E-state index in [1.807, 2.05) is 0 Å². The Bertz CT molecular complexity index is 544. The van der Waals surface area contributed by atoms with Gasteiger partial charge in [-0.2, -0.15) is 0 Å². The van der Waals surface area contributed by atoms with E-state index in [1.54, 1.807) is 0 Å². The molecule has 1 aliphatic heterocycles. The number of benzene rings is 2. The molecule has 1 heteroatoms. The van der Waals surface area contributed by atoms with Crippen LogP contribution in [0.2, 0.25) is 0 Å². The lowest BCUT2D eigenvalue weighted by molar-refractivity contribution is 0.628. The van der Waals surface area contributed by atoms with Crippen LogP contribution in [0.3, 0.4) is 0 Å². The van der Waals surface area contributed by atoms with Crippen LogP contribution in [0.4, 0.5) is 5.69 Å². The fourth-order valence-electron chi connectivity index (χ4n) is 2.87. The molecule has 0 fully saturated rings. The van der Waals surface area contributed by atoms with E-state index in [-0.39, 0.29) is 0 Å². The fraction of sp³-hybridized carbons (Fsp3) is 0.333. The molecular formula is C15H17N. The van der Waals surface area contributed by atoms with E-state index in [9.17, 15) is 0 Å². The van der Waals surface area contributed by atoms with E-state index in [0.29, 0.717) is 12.0 Å². The number of fused-ring (bicyclic) bond motifs is 3. The van der Waals surface area contributed by atoms with Crippen LogP contribution in [0.5, 0.6) is 0 Å². The Balaban J connectivity index is 2.36. The molecule has 0 aliphatic carbocycles. The first-order chi connectivity index (χ1) is 7.70. The lowest BCUT2D eigenvalue weighted by Gasteiger charge is -2.20. The zero-order valence-corrected chi connectivity index (χ0v) is 10.1. The van der Waals surface area contributed by atoms with Crippen molar-refractivity contribution in [2.75, 3.05) is 11.9 Å². The van der Waals surface area contributed by atoms with Crippen LogP contribution < -0.4 is 4.90 Å². The Morgan fingerprint density at radius 2 is 1.75 bits per heavy atom. The molecule has 0 amide bonds. The molecule has 82 valence electrons. The number of anilines is 1. The lowest BCUT2D eigenvalue weighted by Crippen LogP contribution is -2.25. The SMILES string of the molecule is C[C@@H]1[C@@H](C)c2c(ccc3ccccc23)N1C. The first-order valence-electron chi connectivity index (χ1n) is 5.94. The monoisotopic (exact) mass is 211 g/mol. The van der Waals surface area contributed by atoms with Gasteiger partial charge in [-0.15, -0.1) is 0 Å². The predicted molar refractivity (Wildman–Crippen MR) is 70.2 cm³/mol. The van der Waals surface area contributed by atoms with Gasteiger partial charge in [0.1, 0.15) is 0 Å². The zero-order valence-electron chi connectivity index (χ0n) is 10.1. The van der Waals surface area contributed by atoms with Crippen molar-refractivity contribution in [3.63, 3.8) is 0 Å². The summed E-state index contributed by atoms with van der Waals surface area (Å²) < 4.78 is 0. The number of hydrogen-bond acceptors (Lipinski definition) is 1. The van der Waals surface area contributed by atoms with Crippen LogP contribution in [-0.2, 0) is 0 Å². The summed E-state index contributed by atoms with van der Waals surface area (Å²) in [6.45, 7) is 4.64. The highest BCUT2D eigenvalue weighted by atomic mass is 15.2. The smallest absolute Gasteiger partial charge is 0.0408 e. The van der Waals surface area contributed by atoms with Gasteiger partial charge in [0, 0.05) is 24.7 Å². The third-order valence-electron chi connectivity index (χ3n) is 4.12. The molecule has 0 spiro atoms. The van der Waals surface area contributed by atoms with E-state index < -0.39 is 0 Å². The van der Waals surface area contributed by atoms with Crippen LogP contribution in [0.15, 0.2) is 36.4 Å². The second kappa shape index (κ2) is 3.24. The molecule has 2 aromatic carbocycles. The Hall–Kier alpha value is -1.50. The summed E-state index contributed by atoms with van der Waals surface area (Å²) in [6.07, 6.45) is 0. The van der Waals surface area contributed by atoms with Gasteiger partial charge in [0.15, 0.2) is 0 Å². The topological polar surface area (TPSA) is 3.24 Å². The van der Waals surface area contributed by atoms with Crippen LogP contribution in [-0.4, -0.2) is 13.1 Å². The number of hydrogen-bond donors (Lipinski definition) is 0. The summed E-state index contributed by atoms with van der Waals surface area (Å²) in [5.41, 5.74) is 2.92. The molecule has 2 atom stereocenters. The Morgan fingerprint density at radius 3 is 2.56 bits per heavy atom. The first-order valence-corrected chi connectivity index (χ1v) is 5.94. The Labute approximate surface area is 96.7 Å². The Kier molecular flexibility index (Phi) is 1.97. The maximum Gasteiger partial charge on any atom is 0.0408 e. The van der Waals surface area contributed by atoms with E-state index in [4.69, 9.17) is 0 Å². The van der Waals surface area contributed by atoms with Gasteiger partial charge >= 0.3 is 0 Å². The standard InChI is InChI=1S/C15H17N/c1-10-11(2)16(3)14-9-8-12-6-4-5-7-13(12)15(10)14/h4-11H,1-3H3/t10-,11-/m1/s1. The minimum absolute atomic E-state index is 0.598. The molecule has 3 rings (SSSR count). The molecule has 2 aromatic rings. The highest BCUT2D eigenvalue weighted by Crippen LogP contribution is 2.43. The van der Waals surface area contributed by atoms with Crippen molar-refractivity contribution < 1.29 is 0 Å². The minimum Gasteiger partial charge on any atom is -0.371 e. The predicted octanol–water partition coefficient (Wildman–Crippen LogP) is 3.78. The van der Waals surface area contributed by atoms with E-state index in [2.05, 4.69) is 62.2 Å². The molecule has 1 nitrogen and oxygen atoms in total. The highest BCUT2D eigenvalue weighted by molar-refractivity contribution is 5.92. The van der Waals surface area contributed by atoms with Gasteiger partial charge in [0.25, 0.3) is 0 Å². The molecule has 16 heavy (non-hydrogen) atoms. The minimum atomic E-state index is 0.598. The van der Waals surface area contributed by atoms with Gasteiger partial charge in [0.05, 0.1) is 0 Å². The fourth-order valence-corrected chi connectivity index (χ4v) is 2.87. The van der Waals surface area contributed by atoms with E-state index in [0.717, 1.165) is 0 Å². The number of likely N-dealkylation sites (N-methyl/N-ethyl adjacent to an activating group) is 1. The molecule has 0 saturated carbocycles. The van der Waals surface area contributed by atoms with Gasteiger partial charge < -0.3 is 4.90 Å². The molecule has 0 radical (unpaired) electrons. The summed E-state index contributed by atoms with van der Waals surface area (Å²) in [7, 11) is 2.20. The third kappa shape index (κ3) is 1.12. The highest BCUT2D eigenvalue weighted by Gasteiger charge is 2.31. The summed E-state index contributed by atoms with van der Waals surface area (Å²) in [4.78, 5) is 2.40. The number of rotatable bonds is 0. The maximum atomic E-state index is 2.40. The molecule has 0 bridgehead atoms. The van der Waals surface area contributed by atoms with Gasteiger partial charge in [-0.3, -0.25) is 0 Å². The van der Waals surface area contributed by atoms with E-state index in [1.165, 1.54) is 22.0 Å². The molecule has 0 N–H and O–H groups in total. The largest absolute Gasteiger partial charge is 0.371 e. The molecule has 0 unspecified atom stereocenters. The van der Waals surface area contributed by atoms with Gasteiger partial charge in [0.2, 0.25) is 0 Å². The average molecular weight is 211 g/mol. The van der Waals surface area contributed by atoms with Gasteiger partial charge in [-0.25, -0.2) is 0 Å². The lowest BCUT2D eigenvalue weighted by atomic mass is 9.93. The van der Waals surface area contributed by atoms with Crippen molar-refractivity contribution >= 4 is 16.5 Å². The van der Waals surface area contributed by atoms with Crippen molar-refractivity contribution in [1.82, 2.24) is 0 Å². The molecule has 0 saturated heterocycles. The van der Waals surface area contributed by atoms with Crippen molar-refractivity contribution in [3.8, 4) is 0 Å². The maximum absolute atomic E-state index is 2.40. The summed E-state index contributed by atoms with van der Waals surface area (Å²) in [5.74, 6) is 0.617. The molecule has 1 heterocycles. The molecule has 0 aromatic heterocycles. The van der Waals surface area contributed by atoms with E-state index >= 15 is 0 Å². The third-order valence-corrected chi connectivity index (χ3v) is 4.12. The van der Waals surface area contributed by atoms with Crippen molar-refractivity contribution in [2.45, 2.75) is 25.8 Å². The van der Waals surface area contributed by atoms with Crippen LogP contribution in [0.25, 0.3) is 10.8 Å². The second-order valence-corrected chi connectivity index (χ2v) is 4.86. The number of nitrogens with zero attached hydrogens (tertiary/aromatic N) is 1. The van der Waals surface area contributed by atoms with Crippen molar-refractivity contribution in [1.29, 1.82) is 0 Å². The summed E-state index contributed by atoms with van der Waals surface area (Å²) in [5, 5.41) is 2.78. The molecule has 1 aliphatic rings. The summed E-state index contributed by atoms with van der Waals surface area (Å²) >= 11 is 0. The quantitative estimate of drug-likeness (QED) is 0.641. The molecular weight excluding hydrogens is 194 g/mol. The van der Waals surface area contributed by atoms with Crippen molar-refractivity contribution in [3.05, 3.63) is 42.0 Å². The van der Waals surface area contributed by atoms with Crippen LogP contribution >= 0.6 is 0 Å². The first kappa shape index (κ1) is 9.71. The summed E-state index contributed by atoms with van der Waals surface area (Å²) in [6, 6.07) is 13.8.